The quantitative estimate of drug-likeness (QED) is 0.516. The van der Waals surface area contributed by atoms with Crippen LogP contribution in [-0.2, 0) is 21.1 Å². The zero-order chi connectivity index (χ0) is 26.1. The van der Waals surface area contributed by atoms with E-state index in [4.69, 9.17) is 4.74 Å². The van der Waals surface area contributed by atoms with Crippen LogP contribution in [-0.4, -0.2) is 45.3 Å². The number of nitrogens with one attached hydrogen (secondary N) is 1. The van der Waals surface area contributed by atoms with Gasteiger partial charge in [-0.05, 0) is 62.7 Å². The molecule has 0 bridgehead atoms. The lowest BCUT2D eigenvalue weighted by Crippen LogP contribution is -2.25. The van der Waals surface area contributed by atoms with E-state index in [0.717, 1.165) is 16.7 Å². The van der Waals surface area contributed by atoms with Gasteiger partial charge in [0, 0.05) is 6.20 Å². The average molecular weight is 514 g/mol. The molecular formula is C21H21F3N4O6S. The van der Waals surface area contributed by atoms with Crippen molar-refractivity contribution in [3.8, 4) is 11.6 Å². The summed E-state index contributed by atoms with van der Waals surface area (Å²) in [6.07, 6.45) is 0.347. The fourth-order valence-corrected chi connectivity index (χ4v) is 3.90. The smallest absolute Gasteiger partial charge is 0.493 e. The van der Waals surface area contributed by atoms with Crippen LogP contribution < -0.4 is 11.0 Å². The number of anilines is 1. The molecule has 0 aliphatic carbocycles. The summed E-state index contributed by atoms with van der Waals surface area (Å²) in [5.74, 6) is -0.307. The van der Waals surface area contributed by atoms with Crippen molar-refractivity contribution >= 4 is 21.7 Å². The Morgan fingerprint density at radius 3 is 2.40 bits per heavy atom. The highest BCUT2D eigenvalue weighted by Gasteiger charge is 2.46. The van der Waals surface area contributed by atoms with Gasteiger partial charge in [-0.1, -0.05) is 0 Å². The first-order valence-electron chi connectivity index (χ1n) is 10.1. The average Bonchev–Trinajstić information content (AvgIpc) is 2.96. The maximum absolute atomic E-state index is 13.0. The normalized spacial score (nSPS) is 12.1. The van der Waals surface area contributed by atoms with Crippen molar-refractivity contribution in [2.75, 3.05) is 5.32 Å². The maximum Gasteiger partial charge on any atom is 0.501 e. The van der Waals surface area contributed by atoms with Gasteiger partial charge in [0.05, 0.1) is 28.9 Å². The summed E-state index contributed by atoms with van der Waals surface area (Å²) in [5.41, 5.74) is -5.56. The number of alkyl halides is 3. The number of nitrogens with zero attached hydrogens (tertiary/aromatic N) is 3. The first-order valence-corrected chi connectivity index (χ1v) is 11.6. The van der Waals surface area contributed by atoms with Crippen LogP contribution in [0.15, 0.2) is 52.3 Å². The molecule has 188 valence electrons. The first kappa shape index (κ1) is 25.8. The third kappa shape index (κ3) is 5.31. The second-order valence-electron chi connectivity index (χ2n) is 7.68. The number of sulfone groups is 1. The molecule has 3 aromatic rings. The summed E-state index contributed by atoms with van der Waals surface area (Å²) < 4.78 is 68.4. The molecule has 0 aliphatic heterocycles. The number of ether oxygens (including phenoxy) is 1. The topological polar surface area (TPSA) is 133 Å². The Kier molecular flexibility index (Phi) is 6.96. The number of carbonyl (C=O) groups excluding carboxylic acids is 1. The van der Waals surface area contributed by atoms with Crippen LogP contribution in [0.1, 0.15) is 25.1 Å². The van der Waals surface area contributed by atoms with E-state index >= 15 is 0 Å². The minimum Gasteiger partial charge on any atom is -0.493 e. The molecule has 2 aromatic heterocycles. The molecule has 0 spiro atoms. The fourth-order valence-electron chi connectivity index (χ4n) is 3.14. The summed E-state index contributed by atoms with van der Waals surface area (Å²) >= 11 is 0. The van der Waals surface area contributed by atoms with Gasteiger partial charge in [0.1, 0.15) is 5.82 Å². The van der Waals surface area contributed by atoms with Gasteiger partial charge in [0.15, 0.2) is 0 Å². The summed E-state index contributed by atoms with van der Waals surface area (Å²) in [7, 11) is -5.56. The molecule has 1 aromatic carbocycles. The lowest BCUT2D eigenvalue weighted by molar-refractivity contribution is -0.0436. The third-order valence-corrected chi connectivity index (χ3v) is 6.31. The van der Waals surface area contributed by atoms with Crippen LogP contribution in [0.3, 0.4) is 0 Å². The molecule has 0 fully saturated rings. The number of carbonyl (C=O) groups is 1. The van der Waals surface area contributed by atoms with E-state index in [9.17, 15) is 36.3 Å². The molecule has 3 rings (SSSR count). The molecule has 35 heavy (non-hydrogen) atoms. The van der Waals surface area contributed by atoms with Crippen LogP contribution >= 0.6 is 0 Å². The number of aromatic hydroxyl groups is 1. The molecular weight excluding hydrogens is 493 g/mol. The van der Waals surface area contributed by atoms with Gasteiger partial charge < -0.3 is 9.84 Å². The number of imidazole rings is 1. The first-order chi connectivity index (χ1) is 16.2. The number of halogens is 3. The van der Waals surface area contributed by atoms with Crippen LogP contribution in [0.5, 0.6) is 5.88 Å². The summed E-state index contributed by atoms with van der Waals surface area (Å²) in [4.78, 5) is 27.8. The Morgan fingerprint density at radius 2 is 1.83 bits per heavy atom. The number of aromatic nitrogens is 3. The minimum atomic E-state index is -5.56. The fraction of sp³-hybridized carbons (Fsp3) is 0.286. The highest BCUT2D eigenvalue weighted by atomic mass is 32.2. The highest BCUT2D eigenvalue weighted by Crippen LogP contribution is 2.31. The van der Waals surface area contributed by atoms with Gasteiger partial charge in [0.2, 0.25) is 5.88 Å². The third-order valence-electron chi connectivity index (χ3n) is 4.81. The SMILES string of the molecule is Cc1c(O)n(-c2ccc(S(=O)(=O)C(F)(F)F)cc2)c(=O)n1Cc1ccnc(NC(=O)OC(C)C)c1. The van der Waals surface area contributed by atoms with Crippen molar-refractivity contribution in [2.45, 2.75) is 43.8 Å². The number of pyridine rings is 1. The zero-order valence-electron chi connectivity index (χ0n) is 18.7. The molecule has 2 N–H and O–H groups in total. The van der Waals surface area contributed by atoms with Crippen LogP contribution in [0.2, 0.25) is 0 Å². The number of benzene rings is 1. The van der Waals surface area contributed by atoms with E-state index in [0.29, 0.717) is 17.7 Å². The minimum absolute atomic E-state index is 0.0380. The van der Waals surface area contributed by atoms with Crippen molar-refractivity contribution in [1.29, 1.82) is 0 Å². The van der Waals surface area contributed by atoms with E-state index in [2.05, 4.69) is 10.3 Å². The van der Waals surface area contributed by atoms with E-state index < -0.39 is 37.9 Å². The van der Waals surface area contributed by atoms with Crippen molar-refractivity contribution in [3.63, 3.8) is 0 Å². The van der Waals surface area contributed by atoms with E-state index in [1.807, 2.05) is 0 Å². The van der Waals surface area contributed by atoms with Crippen LogP contribution in [0.4, 0.5) is 23.8 Å². The maximum atomic E-state index is 13.0. The van der Waals surface area contributed by atoms with Gasteiger partial charge >= 0.3 is 17.3 Å². The summed E-state index contributed by atoms with van der Waals surface area (Å²) in [6, 6.07) is 6.45. The molecule has 14 heteroatoms. The lowest BCUT2D eigenvalue weighted by atomic mass is 10.2. The van der Waals surface area contributed by atoms with Gasteiger partial charge in [0.25, 0.3) is 9.84 Å². The molecule has 1 amide bonds. The summed E-state index contributed by atoms with van der Waals surface area (Å²) in [5, 5.41) is 13.0. The Bertz CT molecular complexity index is 1410. The number of rotatable bonds is 6. The molecule has 2 heterocycles. The second kappa shape index (κ2) is 9.44. The number of hydrogen-bond acceptors (Lipinski definition) is 7. The Balaban J connectivity index is 1.91. The van der Waals surface area contributed by atoms with E-state index in [1.165, 1.54) is 23.8 Å². The molecule has 0 radical (unpaired) electrons. The van der Waals surface area contributed by atoms with Crippen molar-refractivity contribution in [1.82, 2.24) is 14.1 Å². The monoisotopic (exact) mass is 514 g/mol. The predicted octanol–water partition coefficient (Wildman–Crippen LogP) is 3.35. The van der Waals surface area contributed by atoms with Crippen molar-refractivity contribution in [2.24, 2.45) is 0 Å². The van der Waals surface area contributed by atoms with Crippen molar-refractivity contribution < 1.29 is 36.2 Å². The molecule has 0 atom stereocenters. The predicted molar refractivity (Wildman–Crippen MR) is 118 cm³/mol. The lowest BCUT2D eigenvalue weighted by Gasteiger charge is -2.10. The van der Waals surface area contributed by atoms with Crippen LogP contribution in [0, 0.1) is 6.92 Å². The van der Waals surface area contributed by atoms with Gasteiger partial charge in [-0.2, -0.15) is 13.2 Å². The summed E-state index contributed by atoms with van der Waals surface area (Å²) in [6.45, 7) is 4.77. The number of hydrogen-bond donors (Lipinski definition) is 2. The molecule has 10 nitrogen and oxygen atoms in total. The Labute approximate surface area is 197 Å². The van der Waals surface area contributed by atoms with Crippen molar-refractivity contribution in [3.05, 3.63) is 64.3 Å². The van der Waals surface area contributed by atoms with Gasteiger partial charge in [-0.15, -0.1) is 0 Å². The molecule has 0 aliphatic rings. The van der Waals surface area contributed by atoms with E-state index in [-0.39, 0.29) is 29.8 Å². The Hall–Kier alpha value is -3.81. The van der Waals surface area contributed by atoms with Gasteiger partial charge in [-0.25, -0.2) is 27.6 Å². The van der Waals surface area contributed by atoms with Gasteiger partial charge in [-0.3, -0.25) is 9.88 Å². The highest BCUT2D eigenvalue weighted by molar-refractivity contribution is 7.92. The molecule has 0 saturated heterocycles. The largest absolute Gasteiger partial charge is 0.501 e. The molecule has 0 unspecified atom stereocenters. The zero-order valence-corrected chi connectivity index (χ0v) is 19.5. The van der Waals surface area contributed by atoms with Crippen LogP contribution in [0.25, 0.3) is 5.69 Å². The Morgan fingerprint density at radius 1 is 1.20 bits per heavy atom. The second-order valence-corrected chi connectivity index (χ2v) is 9.63. The number of amides is 1. The molecule has 0 saturated carbocycles. The van der Waals surface area contributed by atoms with E-state index in [1.54, 1.807) is 19.9 Å². The standard InChI is InChI=1S/C21H21F3N4O6S/c1-12(2)34-19(30)26-17-10-14(8-9-25-17)11-27-13(3)18(29)28(20(27)31)15-4-6-16(7-5-15)35(32,33)21(22,23)24/h4-10,12,29H,11H2,1-3H3,(H,25,26,30).